The van der Waals surface area contributed by atoms with E-state index in [0.29, 0.717) is 5.57 Å². The molecule has 1 atom stereocenters. The molecule has 0 spiro atoms. The van der Waals surface area contributed by atoms with Gasteiger partial charge >= 0.3 is 0 Å². The quantitative estimate of drug-likeness (QED) is 0.528. The van der Waals surface area contributed by atoms with E-state index in [-0.39, 0.29) is 12.1 Å². The topological polar surface area (TPSA) is 96.6 Å². The fourth-order valence-electron chi connectivity index (χ4n) is 3.54. The summed E-state index contributed by atoms with van der Waals surface area (Å²) in [6.07, 6.45) is 1.33. The number of aliphatic hydroxyl groups is 2. The van der Waals surface area contributed by atoms with Crippen molar-refractivity contribution in [1.82, 2.24) is 5.32 Å². The summed E-state index contributed by atoms with van der Waals surface area (Å²) in [5.41, 5.74) is 2.58. The van der Waals surface area contributed by atoms with Crippen LogP contribution in [0.5, 0.6) is 0 Å². The summed E-state index contributed by atoms with van der Waals surface area (Å²) < 4.78 is 0. The summed E-state index contributed by atoms with van der Waals surface area (Å²) in [6, 6.07) is 14.2. The molecule has 1 aliphatic heterocycles. The van der Waals surface area contributed by atoms with Crippen molar-refractivity contribution in [1.29, 1.82) is 5.26 Å². The number of aliphatic hydroxyl groups excluding tert-OH is 2. The normalized spacial score (nSPS) is 15.9. The summed E-state index contributed by atoms with van der Waals surface area (Å²) in [4.78, 5) is 14.7. The van der Waals surface area contributed by atoms with E-state index < -0.39 is 18.6 Å². The standard InChI is InChI=1S/C22H25N3O3/c1-15(20(12-23)22(28)24-13-18(27)14-26)17-8-7-16-5-4-6-21(19(16)11-17)25-9-2-3-10-25/h4-8,11,18,26-27H,2-3,9-10,13-14H2,1H3,(H,24,28)/b20-15+. The van der Waals surface area contributed by atoms with Crippen molar-refractivity contribution < 1.29 is 15.0 Å². The largest absolute Gasteiger partial charge is 0.394 e. The Labute approximate surface area is 164 Å². The van der Waals surface area contributed by atoms with Gasteiger partial charge in [-0.1, -0.05) is 24.3 Å². The predicted molar refractivity (Wildman–Crippen MR) is 110 cm³/mol. The Balaban J connectivity index is 1.96. The van der Waals surface area contributed by atoms with Gasteiger partial charge in [-0.2, -0.15) is 5.26 Å². The molecule has 1 unspecified atom stereocenters. The minimum Gasteiger partial charge on any atom is -0.394 e. The average Bonchev–Trinajstić information content (AvgIpc) is 3.26. The second-order valence-electron chi connectivity index (χ2n) is 7.07. The summed E-state index contributed by atoms with van der Waals surface area (Å²) in [7, 11) is 0. The minimum atomic E-state index is -1.05. The summed E-state index contributed by atoms with van der Waals surface area (Å²) in [5, 5.41) is 32.5. The van der Waals surface area contributed by atoms with Gasteiger partial charge in [0.1, 0.15) is 11.6 Å². The van der Waals surface area contributed by atoms with Crippen LogP contribution in [0, 0.1) is 11.3 Å². The molecule has 6 heteroatoms. The van der Waals surface area contributed by atoms with Crippen LogP contribution in [0.3, 0.4) is 0 Å². The molecule has 0 bridgehead atoms. The molecule has 0 aliphatic carbocycles. The number of fused-ring (bicyclic) bond motifs is 1. The highest BCUT2D eigenvalue weighted by atomic mass is 16.3. The number of rotatable bonds is 6. The summed E-state index contributed by atoms with van der Waals surface area (Å²) in [5.74, 6) is -0.555. The number of benzene rings is 2. The van der Waals surface area contributed by atoms with Gasteiger partial charge in [-0.05, 0) is 48.4 Å². The molecule has 0 saturated carbocycles. The number of carbonyl (C=O) groups is 1. The molecule has 1 heterocycles. The molecule has 2 aromatic rings. The number of nitrogens with zero attached hydrogens (tertiary/aromatic N) is 2. The molecule has 1 aliphatic rings. The lowest BCUT2D eigenvalue weighted by Crippen LogP contribution is -2.34. The van der Waals surface area contributed by atoms with Gasteiger partial charge in [-0.3, -0.25) is 4.79 Å². The van der Waals surface area contributed by atoms with Crippen molar-refractivity contribution in [3.05, 3.63) is 47.5 Å². The van der Waals surface area contributed by atoms with E-state index in [0.717, 1.165) is 29.4 Å². The highest BCUT2D eigenvalue weighted by molar-refractivity contribution is 6.05. The SMILES string of the molecule is C/C(=C(/C#N)C(=O)NCC(O)CO)c1ccc2cccc(N3CCCC3)c2c1. The highest BCUT2D eigenvalue weighted by Gasteiger charge is 2.17. The van der Waals surface area contributed by atoms with Crippen LogP contribution in [0.25, 0.3) is 16.3 Å². The van der Waals surface area contributed by atoms with Crippen molar-refractivity contribution in [2.75, 3.05) is 31.1 Å². The smallest absolute Gasteiger partial charge is 0.262 e. The Bertz CT molecular complexity index is 940. The van der Waals surface area contributed by atoms with Crippen LogP contribution in [0.2, 0.25) is 0 Å². The number of anilines is 1. The van der Waals surface area contributed by atoms with Gasteiger partial charge in [-0.25, -0.2) is 0 Å². The van der Waals surface area contributed by atoms with Gasteiger partial charge in [0.2, 0.25) is 0 Å². The first-order chi connectivity index (χ1) is 13.5. The monoisotopic (exact) mass is 379 g/mol. The van der Waals surface area contributed by atoms with Crippen LogP contribution in [0.4, 0.5) is 5.69 Å². The zero-order valence-electron chi connectivity index (χ0n) is 16.0. The maximum absolute atomic E-state index is 12.4. The Hall–Kier alpha value is -2.88. The molecule has 1 saturated heterocycles. The lowest BCUT2D eigenvalue weighted by Gasteiger charge is -2.20. The van der Waals surface area contributed by atoms with Gasteiger partial charge < -0.3 is 20.4 Å². The van der Waals surface area contributed by atoms with Crippen LogP contribution < -0.4 is 10.2 Å². The first-order valence-electron chi connectivity index (χ1n) is 9.51. The highest BCUT2D eigenvalue weighted by Crippen LogP contribution is 2.32. The van der Waals surface area contributed by atoms with E-state index in [9.17, 15) is 15.2 Å². The Morgan fingerprint density at radius 2 is 2.04 bits per heavy atom. The van der Waals surface area contributed by atoms with E-state index in [4.69, 9.17) is 5.11 Å². The third kappa shape index (κ3) is 4.16. The summed E-state index contributed by atoms with van der Waals surface area (Å²) in [6.45, 7) is 3.27. The molecular formula is C22H25N3O3. The van der Waals surface area contributed by atoms with E-state index in [2.05, 4.69) is 28.4 Å². The maximum atomic E-state index is 12.4. The minimum absolute atomic E-state index is 0.00291. The second-order valence-corrected chi connectivity index (χ2v) is 7.07. The second kappa shape index (κ2) is 8.87. The van der Waals surface area contributed by atoms with Crippen LogP contribution in [0.15, 0.2) is 42.0 Å². The third-order valence-electron chi connectivity index (χ3n) is 5.16. The van der Waals surface area contributed by atoms with Gasteiger partial charge in [0.25, 0.3) is 5.91 Å². The van der Waals surface area contributed by atoms with Crippen molar-refractivity contribution in [2.45, 2.75) is 25.9 Å². The van der Waals surface area contributed by atoms with Gasteiger partial charge in [0.15, 0.2) is 0 Å². The van der Waals surface area contributed by atoms with Gasteiger partial charge in [-0.15, -0.1) is 0 Å². The number of hydrogen-bond donors (Lipinski definition) is 3. The van der Waals surface area contributed by atoms with Crippen LogP contribution in [0.1, 0.15) is 25.3 Å². The Kier molecular flexibility index (Phi) is 6.30. The van der Waals surface area contributed by atoms with Crippen molar-refractivity contribution in [3.63, 3.8) is 0 Å². The molecule has 146 valence electrons. The zero-order valence-corrected chi connectivity index (χ0v) is 16.0. The first kappa shape index (κ1) is 19.9. The number of nitriles is 1. The molecule has 1 fully saturated rings. The number of nitrogens with one attached hydrogen (secondary N) is 1. The van der Waals surface area contributed by atoms with Gasteiger partial charge in [0.05, 0.1) is 12.7 Å². The molecule has 2 aromatic carbocycles. The maximum Gasteiger partial charge on any atom is 0.262 e. The molecular weight excluding hydrogens is 354 g/mol. The fraction of sp³-hybridized carbons (Fsp3) is 0.364. The Morgan fingerprint density at radius 1 is 1.29 bits per heavy atom. The number of amides is 1. The molecule has 0 radical (unpaired) electrons. The Morgan fingerprint density at radius 3 is 2.71 bits per heavy atom. The molecule has 6 nitrogen and oxygen atoms in total. The average molecular weight is 379 g/mol. The van der Waals surface area contributed by atoms with E-state index in [1.807, 2.05) is 24.3 Å². The molecule has 28 heavy (non-hydrogen) atoms. The van der Waals surface area contributed by atoms with Crippen molar-refractivity contribution >= 4 is 27.9 Å². The molecule has 3 rings (SSSR count). The fourth-order valence-corrected chi connectivity index (χ4v) is 3.54. The third-order valence-corrected chi connectivity index (χ3v) is 5.16. The first-order valence-corrected chi connectivity index (χ1v) is 9.51. The van der Waals surface area contributed by atoms with Crippen LogP contribution in [-0.2, 0) is 4.79 Å². The lowest BCUT2D eigenvalue weighted by atomic mass is 9.97. The van der Waals surface area contributed by atoms with E-state index in [1.54, 1.807) is 6.92 Å². The molecule has 3 N–H and O–H groups in total. The lowest BCUT2D eigenvalue weighted by molar-refractivity contribution is -0.117. The van der Waals surface area contributed by atoms with E-state index >= 15 is 0 Å². The predicted octanol–water partition coefficient (Wildman–Crippen LogP) is 2.21. The van der Waals surface area contributed by atoms with Crippen LogP contribution in [-0.4, -0.2) is 48.5 Å². The number of hydrogen-bond acceptors (Lipinski definition) is 5. The zero-order chi connectivity index (χ0) is 20.1. The molecule has 0 aromatic heterocycles. The van der Waals surface area contributed by atoms with Crippen molar-refractivity contribution in [3.8, 4) is 6.07 Å². The van der Waals surface area contributed by atoms with E-state index in [1.165, 1.54) is 18.5 Å². The van der Waals surface area contributed by atoms with Gasteiger partial charge in [0, 0.05) is 30.7 Å². The summed E-state index contributed by atoms with van der Waals surface area (Å²) >= 11 is 0. The molecule has 1 amide bonds. The number of allylic oxidation sites excluding steroid dienone is 1. The number of carbonyl (C=O) groups excluding carboxylic acids is 1. The van der Waals surface area contributed by atoms with Crippen LogP contribution >= 0.6 is 0 Å². The van der Waals surface area contributed by atoms with Crippen molar-refractivity contribution in [2.24, 2.45) is 0 Å².